The summed E-state index contributed by atoms with van der Waals surface area (Å²) in [4.78, 5) is 8.41. The smallest absolute Gasteiger partial charge is 0.247 e. The molecule has 3 aromatic rings. The zero-order valence-electron chi connectivity index (χ0n) is 14.7. The van der Waals surface area contributed by atoms with Crippen molar-refractivity contribution in [1.82, 2.24) is 9.97 Å². The molecule has 27 heavy (non-hydrogen) atoms. The molecular weight excluding hydrogens is 364 g/mol. The number of benzene rings is 2. The van der Waals surface area contributed by atoms with Gasteiger partial charge in [-0.3, -0.25) is 0 Å². The third-order valence-electron chi connectivity index (χ3n) is 4.26. The van der Waals surface area contributed by atoms with Gasteiger partial charge in [-0.15, -0.1) is 0 Å². The van der Waals surface area contributed by atoms with Crippen LogP contribution in [0.25, 0.3) is 22.4 Å². The Balaban J connectivity index is 1.81. The normalized spacial score (nSPS) is 15.1. The van der Waals surface area contributed by atoms with Gasteiger partial charge in [-0.25, -0.2) is 18.4 Å². The van der Waals surface area contributed by atoms with Crippen molar-refractivity contribution in [2.45, 2.75) is 11.4 Å². The lowest BCUT2D eigenvalue weighted by molar-refractivity contribution is -0.0441. The molecule has 2 aromatic carbocycles. The van der Waals surface area contributed by atoms with Crippen LogP contribution >= 0.6 is 0 Å². The summed E-state index contributed by atoms with van der Waals surface area (Å²) < 4.78 is 34.9. The summed E-state index contributed by atoms with van der Waals surface area (Å²) in [6.07, 6.45) is 2.31. The minimum Gasteiger partial charge on any atom is -0.346 e. The fourth-order valence-corrected chi connectivity index (χ4v) is 3.44. The number of sulfone groups is 1. The number of hydrogen-bond donors (Lipinski definition) is 0. The first kappa shape index (κ1) is 17.8. The van der Waals surface area contributed by atoms with E-state index >= 15 is 0 Å². The van der Waals surface area contributed by atoms with Crippen molar-refractivity contribution in [3.05, 3.63) is 66.4 Å². The number of ether oxygens (including phenoxy) is 2. The van der Waals surface area contributed by atoms with Crippen LogP contribution in [0.5, 0.6) is 0 Å². The lowest BCUT2D eigenvalue weighted by Gasteiger charge is -2.12. The maximum absolute atomic E-state index is 11.9. The standard InChI is InChI=1S/C20H18N2O4S/c1-27(23,24)20-21-13-17(14-5-3-2-4-6-14)18(22-20)15-7-9-16(10-8-15)19-25-11-12-26-19/h2-10,13,19H,11-12H2,1H3. The highest BCUT2D eigenvalue weighted by molar-refractivity contribution is 7.90. The highest BCUT2D eigenvalue weighted by Gasteiger charge is 2.20. The van der Waals surface area contributed by atoms with Crippen molar-refractivity contribution >= 4 is 9.84 Å². The molecule has 7 heteroatoms. The van der Waals surface area contributed by atoms with E-state index in [1.807, 2.05) is 54.6 Å². The van der Waals surface area contributed by atoms with Crippen molar-refractivity contribution in [1.29, 1.82) is 0 Å². The first-order valence-electron chi connectivity index (χ1n) is 8.48. The van der Waals surface area contributed by atoms with E-state index in [0.29, 0.717) is 18.9 Å². The Hall–Kier alpha value is -2.61. The fraction of sp³-hybridized carbons (Fsp3) is 0.200. The average molecular weight is 382 g/mol. The molecule has 1 fully saturated rings. The van der Waals surface area contributed by atoms with Crippen molar-refractivity contribution in [3.63, 3.8) is 0 Å². The van der Waals surface area contributed by atoms with Gasteiger partial charge in [-0.2, -0.15) is 0 Å². The quantitative estimate of drug-likeness (QED) is 0.645. The van der Waals surface area contributed by atoms with Gasteiger partial charge >= 0.3 is 0 Å². The summed E-state index contributed by atoms with van der Waals surface area (Å²) in [5, 5.41) is -0.191. The lowest BCUT2D eigenvalue weighted by atomic mass is 10.00. The maximum Gasteiger partial charge on any atom is 0.247 e. The van der Waals surface area contributed by atoms with Gasteiger partial charge in [-0.1, -0.05) is 54.6 Å². The Morgan fingerprint density at radius 3 is 2.22 bits per heavy atom. The van der Waals surface area contributed by atoms with Crippen LogP contribution in [0, 0.1) is 0 Å². The zero-order chi connectivity index (χ0) is 18.9. The number of hydrogen-bond acceptors (Lipinski definition) is 6. The van der Waals surface area contributed by atoms with E-state index in [4.69, 9.17) is 9.47 Å². The predicted molar refractivity (Wildman–Crippen MR) is 101 cm³/mol. The number of aromatic nitrogens is 2. The van der Waals surface area contributed by atoms with Crippen LogP contribution in [0.3, 0.4) is 0 Å². The largest absolute Gasteiger partial charge is 0.346 e. The molecular formula is C20H18N2O4S. The predicted octanol–water partition coefficient (Wildman–Crippen LogP) is 3.26. The van der Waals surface area contributed by atoms with Gasteiger partial charge in [0, 0.05) is 29.1 Å². The van der Waals surface area contributed by atoms with E-state index in [0.717, 1.165) is 28.5 Å². The van der Waals surface area contributed by atoms with Crippen molar-refractivity contribution in [3.8, 4) is 22.4 Å². The van der Waals surface area contributed by atoms with Crippen LogP contribution < -0.4 is 0 Å². The maximum atomic E-state index is 11.9. The average Bonchev–Trinajstić information content (AvgIpc) is 3.22. The van der Waals surface area contributed by atoms with Crippen molar-refractivity contribution in [2.24, 2.45) is 0 Å². The third-order valence-corrected chi connectivity index (χ3v) is 5.12. The molecule has 2 heterocycles. The van der Waals surface area contributed by atoms with E-state index in [9.17, 15) is 8.42 Å². The summed E-state index contributed by atoms with van der Waals surface area (Å²) in [6.45, 7) is 1.16. The molecule has 0 aliphatic carbocycles. The first-order chi connectivity index (χ1) is 13.0. The molecule has 0 atom stereocenters. The zero-order valence-corrected chi connectivity index (χ0v) is 15.5. The van der Waals surface area contributed by atoms with E-state index < -0.39 is 9.84 Å². The summed E-state index contributed by atoms with van der Waals surface area (Å²) in [5.74, 6) is 0. The molecule has 1 saturated heterocycles. The minimum atomic E-state index is -3.52. The Morgan fingerprint density at radius 1 is 0.926 bits per heavy atom. The van der Waals surface area contributed by atoms with E-state index in [1.54, 1.807) is 6.20 Å². The summed E-state index contributed by atoms with van der Waals surface area (Å²) >= 11 is 0. The van der Waals surface area contributed by atoms with Gasteiger partial charge in [0.2, 0.25) is 15.0 Å². The molecule has 138 valence electrons. The molecule has 0 radical (unpaired) electrons. The highest BCUT2D eigenvalue weighted by atomic mass is 32.2. The van der Waals surface area contributed by atoms with Crippen LogP contribution in [0.4, 0.5) is 0 Å². The number of rotatable bonds is 4. The lowest BCUT2D eigenvalue weighted by Crippen LogP contribution is -2.06. The topological polar surface area (TPSA) is 78.4 Å². The van der Waals surface area contributed by atoms with Crippen LogP contribution in [-0.4, -0.2) is 37.9 Å². The first-order valence-corrected chi connectivity index (χ1v) is 10.4. The van der Waals surface area contributed by atoms with Gasteiger partial charge in [0.25, 0.3) is 0 Å². The third kappa shape index (κ3) is 3.75. The molecule has 1 aromatic heterocycles. The van der Waals surface area contributed by atoms with Gasteiger partial charge in [0.05, 0.1) is 18.9 Å². The Kier molecular flexibility index (Phi) is 4.73. The SMILES string of the molecule is CS(=O)(=O)c1ncc(-c2ccccc2)c(-c2ccc(C3OCCO3)cc2)n1. The molecule has 1 aliphatic heterocycles. The Labute approximate surface area is 157 Å². The minimum absolute atomic E-state index is 0.191. The second-order valence-electron chi connectivity index (χ2n) is 6.25. The van der Waals surface area contributed by atoms with Gasteiger partial charge in [-0.05, 0) is 5.56 Å². The Morgan fingerprint density at radius 2 is 1.59 bits per heavy atom. The second-order valence-corrected chi connectivity index (χ2v) is 8.16. The van der Waals surface area contributed by atoms with E-state index in [2.05, 4.69) is 9.97 Å². The number of nitrogens with zero attached hydrogens (tertiary/aromatic N) is 2. The molecule has 0 saturated carbocycles. The van der Waals surface area contributed by atoms with Crippen LogP contribution in [0.15, 0.2) is 66.0 Å². The van der Waals surface area contributed by atoms with Gasteiger partial charge in [0.15, 0.2) is 6.29 Å². The van der Waals surface area contributed by atoms with Crippen LogP contribution in [-0.2, 0) is 19.3 Å². The second kappa shape index (κ2) is 7.19. The van der Waals surface area contributed by atoms with E-state index in [-0.39, 0.29) is 11.4 Å². The summed E-state index contributed by atoms with van der Waals surface area (Å²) in [5.41, 5.74) is 3.96. The van der Waals surface area contributed by atoms with E-state index in [1.165, 1.54) is 0 Å². The molecule has 0 spiro atoms. The van der Waals surface area contributed by atoms with Gasteiger partial charge < -0.3 is 9.47 Å². The molecule has 0 unspecified atom stereocenters. The van der Waals surface area contributed by atoms with Crippen LogP contribution in [0.2, 0.25) is 0 Å². The molecule has 0 N–H and O–H groups in total. The Bertz CT molecular complexity index is 1050. The fourth-order valence-electron chi connectivity index (χ4n) is 2.94. The molecule has 4 rings (SSSR count). The molecule has 0 amide bonds. The monoisotopic (exact) mass is 382 g/mol. The summed E-state index contributed by atoms with van der Waals surface area (Å²) in [7, 11) is -3.52. The molecule has 1 aliphatic rings. The van der Waals surface area contributed by atoms with Gasteiger partial charge in [0.1, 0.15) is 0 Å². The highest BCUT2D eigenvalue weighted by Crippen LogP contribution is 2.32. The van der Waals surface area contributed by atoms with Crippen molar-refractivity contribution in [2.75, 3.05) is 19.5 Å². The van der Waals surface area contributed by atoms with Crippen LogP contribution in [0.1, 0.15) is 11.9 Å². The molecule has 6 nitrogen and oxygen atoms in total. The van der Waals surface area contributed by atoms with Crippen molar-refractivity contribution < 1.29 is 17.9 Å². The molecule has 0 bridgehead atoms. The summed E-state index contributed by atoms with van der Waals surface area (Å²) in [6, 6.07) is 17.2.